The number of hydrogen-bond acceptors (Lipinski definition) is 8. The number of amides is 1. The van der Waals surface area contributed by atoms with Crippen LogP contribution in [0.3, 0.4) is 0 Å². The van der Waals surface area contributed by atoms with Crippen LogP contribution in [0.2, 0.25) is 0 Å². The van der Waals surface area contributed by atoms with Crippen molar-refractivity contribution in [2.45, 2.75) is 26.2 Å². The summed E-state index contributed by atoms with van der Waals surface area (Å²) in [4.78, 5) is 31.0. The molecule has 0 aliphatic carbocycles. The Morgan fingerprint density at radius 2 is 2.24 bits per heavy atom. The number of ether oxygens (including phenoxy) is 1. The Morgan fingerprint density at radius 1 is 1.43 bits per heavy atom. The summed E-state index contributed by atoms with van der Waals surface area (Å²) in [6, 6.07) is 0. The second-order valence-electron chi connectivity index (χ2n) is 4.18. The van der Waals surface area contributed by atoms with Crippen molar-refractivity contribution in [3.05, 3.63) is 22.8 Å². The molecule has 0 spiro atoms. The average molecular weight is 310 g/mol. The molecule has 9 heteroatoms. The van der Waals surface area contributed by atoms with Crippen LogP contribution in [0.5, 0.6) is 0 Å². The van der Waals surface area contributed by atoms with E-state index in [1.54, 1.807) is 12.3 Å². The molecule has 2 heterocycles. The Balaban J connectivity index is 1.81. The van der Waals surface area contributed by atoms with Gasteiger partial charge in [0.15, 0.2) is 11.0 Å². The van der Waals surface area contributed by atoms with Crippen LogP contribution in [0.15, 0.2) is 9.90 Å². The zero-order valence-electron chi connectivity index (χ0n) is 11.6. The van der Waals surface area contributed by atoms with Crippen molar-refractivity contribution in [3.8, 4) is 0 Å². The summed E-state index contributed by atoms with van der Waals surface area (Å²) in [6.45, 7) is 1.71. The van der Waals surface area contributed by atoms with Crippen molar-refractivity contribution in [1.82, 2.24) is 15.1 Å². The van der Waals surface area contributed by atoms with Crippen LogP contribution in [-0.2, 0) is 27.2 Å². The summed E-state index contributed by atoms with van der Waals surface area (Å²) in [5.74, 6) is 0.390. The number of rotatable bonds is 6. The molecule has 1 N–H and O–H groups in total. The van der Waals surface area contributed by atoms with Gasteiger partial charge in [-0.3, -0.25) is 9.59 Å². The summed E-state index contributed by atoms with van der Waals surface area (Å²) in [6.07, 6.45) is 0.671. The van der Waals surface area contributed by atoms with Gasteiger partial charge in [-0.1, -0.05) is 5.16 Å². The number of nitrogens with zero attached hydrogens (tertiary/aromatic N) is 3. The maximum absolute atomic E-state index is 11.8. The van der Waals surface area contributed by atoms with Gasteiger partial charge in [0.05, 0.1) is 19.2 Å². The third kappa shape index (κ3) is 4.63. The van der Waals surface area contributed by atoms with Crippen molar-refractivity contribution in [2.75, 3.05) is 12.4 Å². The summed E-state index contributed by atoms with van der Waals surface area (Å²) in [7, 11) is 1.32. The normalized spacial score (nSPS) is 10.4. The van der Waals surface area contributed by atoms with Crippen LogP contribution in [0.4, 0.5) is 5.13 Å². The lowest BCUT2D eigenvalue weighted by molar-refractivity contribution is -0.139. The minimum atomic E-state index is -0.370. The van der Waals surface area contributed by atoms with Gasteiger partial charge in [0.25, 0.3) is 0 Å². The topological polar surface area (TPSA) is 107 Å². The molecule has 0 saturated heterocycles. The van der Waals surface area contributed by atoms with E-state index in [9.17, 15) is 9.59 Å². The minimum Gasteiger partial charge on any atom is -0.469 e. The van der Waals surface area contributed by atoms with E-state index in [1.807, 2.05) is 0 Å². The molecular weight excluding hydrogens is 296 g/mol. The van der Waals surface area contributed by atoms with Crippen LogP contribution in [0.1, 0.15) is 23.8 Å². The Morgan fingerprint density at radius 3 is 2.90 bits per heavy atom. The fourth-order valence-electron chi connectivity index (χ4n) is 1.51. The summed E-state index contributed by atoms with van der Waals surface area (Å²) in [5, 5.41) is 8.45. The second-order valence-corrected chi connectivity index (χ2v) is 5.04. The smallest absolute Gasteiger partial charge is 0.311 e. The fraction of sp³-hybridized carbons (Fsp3) is 0.417. The van der Waals surface area contributed by atoms with Gasteiger partial charge in [0, 0.05) is 18.2 Å². The zero-order valence-corrected chi connectivity index (χ0v) is 12.4. The number of methoxy groups -OCH3 is 1. The van der Waals surface area contributed by atoms with E-state index in [0.29, 0.717) is 29.0 Å². The van der Waals surface area contributed by atoms with Crippen LogP contribution < -0.4 is 5.32 Å². The van der Waals surface area contributed by atoms with Crippen LogP contribution in [0, 0.1) is 6.92 Å². The number of carbonyl (C=O) groups excluding carboxylic acids is 2. The molecule has 1 amide bonds. The van der Waals surface area contributed by atoms with Gasteiger partial charge >= 0.3 is 5.97 Å². The third-order valence-corrected chi connectivity index (χ3v) is 3.29. The number of aryl methyl sites for hydroxylation is 2. The van der Waals surface area contributed by atoms with Crippen LogP contribution in [-0.4, -0.2) is 34.1 Å². The van der Waals surface area contributed by atoms with Gasteiger partial charge in [-0.25, -0.2) is 4.98 Å². The van der Waals surface area contributed by atoms with Crippen molar-refractivity contribution in [1.29, 1.82) is 0 Å². The molecule has 2 rings (SSSR count). The minimum absolute atomic E-state index is 0.0874. The standard InChI is InChI=1S/C12H14N4O4S/c1-7-13-10(20-16-7)4-3-9(17)15-12-14-8(6-21-12)5-11(18)19-2/h6H,3-5H2,1-2H3,(H,14,15,17). The number of hydrogen-bond donors (Lipinski definition) is 1. The summed E-state index contributed by atoms with van der Waals surface area (Å²) >= 11 is 1.25. The van der Waals surface area contributed by atoms with Gasteiger partial charge in [-0.05, 0) is 6.92 Å². The predicted octanol–water partition coefficient (Wildman–Crippen LogP) is 1.12. The number of aromatic nitrogens is 3. The SMILES string of the molecule is COC(=O)Cc1csc(NC(=O)CCc2nc(C)no2)n1. The molecule has 21 heavy (non-hydrogen) atoms. The summed E-state index contributed by atoms with van der Waals surface area (Å²) in [5.41, 5.74) is 0.565. The largest absolute Gasteiger partial charge is 0.469 e. The Bertz CT molecular complexity index is 637. The van der Waals surface area contributed by atoms with Gasteiger partial charge in [0.1, 0.15) is 0 Å². The Hall–Kier alpha value is -2.29. The molecule has 2 aromatic rings. The lowest BCUT2D eigenvalue weighted by Gasteiger charge is -1.99. The molecule has 0 aromatic carbocycles. The first-order valence-electron chi connectivity index (χ1n) is 6.17. The molecule has 0 aliphatic rings. The van der Waals surface area contributed by atoms with Crippen molar-refractivity contribution >= 4 is 28.3 Å². The van der Waals surface area contributed by atoms with Crippen molar-refractivity contribution in [3.63, 3.8) is 0 Å². The van der Waals surface area contributed by atoms with Crippen LogP contribution >= 0.6 is 11.3 Å². The fourth-order valence-corrected chi connectivity index (χ4v) is 2.24. The molecule has 0 unspecified atom stereocenters. The van der Waals surface area contributed by atoms with E-state index in [0.717, 1.165) is 0 Å². The molecule has 2 aromatic heterocycles. The van der Waals surface area contributed by atoms with Gasteiger partial charge in [-0.2, -0.15) is 4.98 Å². The maximum atomic E-state index is 11.8. The first-order chi connectivity index (χ1) is 10.1. The number of anilines is 1. The number of nitrogens with one attached hydrogen (secondary N) is 1. The second kappa shape index (κ2) is 6.93. The molecule has 0 fully saturated rings. The Labute approximate surface area is 124 Å². The van der Waals surface area contributed by atoms with E-state index in [4.69, 9.17) is 4.52 Å². The summed E-state index contributed by atoms with van der Waals surface area (Å²) < 4.78 is 9.47. The maximum Gasteiger partial charge on any atom is 0.311 e. The van der Waals surface area contributed by atoms with Gasteiger partial charge in [-0.15, -0.1) is 11.3 Å². The molecule has 8 nitrogen and oxygen atoms in total. The number of carbonyl (C=O) groups is 2. The van der Waals surface area contributed by atoms with Gasteiger partial charge < -0.3 is 14.6 Å². The zero-order chi connectivity index (χ0) is 15.2. The highest BCUT2D eigenvalue weighted by atomic mass is 32.1. The Kier molecular flexibility index (Phi) is 4.99. The quantitative estimate of drug-likeness (QED) is 0.796. The third-order valence-electron chi connectivity index (χ3n) is 2.49. The molecular formula is C12H14N4O4S. The van der Waals surface area contributed by atoms with E-state index in [1.165, 1.54) is 18.4 Å². The monoisotopic (exact) mass is 310 g/mol. The number of esters is 1. The van der Waals surface area contributed by atoms with Crippen molar-refractivity contribution < 1.29 is 18.8 Å². The van der Waals surface area contributed by atoms with E-state index in [2.05, 4.69) is 25.2 Å². The molecule has 112 valence electrons. The lowest BCUT2D eigenvalue weighted by Crippen LogP contribution is -2.12. The van der Waals surface area contributed by atoms with Crippen molar-refractivity contribution in [2.24, 2.45) is 0 Å². The molecule has 0 bridgehead atoms. The van der Waals surface area contributed by atoms with Crippen LogP contribution in [0.25, 0.3) is 0 Å². The number of thiazole rings is 1. The van der Waals surface area contributed by atoms with E-state index >= 15 is 0 Å². The average Bonchev–Trinajstić information content (AvgIpc) is 3.05. The molecule has 0 aliphatic heterocycles. The van der Waals surface area contributed by atoms with Gasteiger partial charge in [0.2, 0.25) is 11.8 Å². The first-order valence-corrected chi connectivity index (χ1v) is 7.05. The highest BCUT2D eigenvalue weighted by molar-refractivity contribution is 7.13. The molecule has 0 atom stereocenters. The highest BCUT2D eigenvalue weighted by Gasteiger charge is 2.11. The lowest BCUT2D eigenvalue weighted by atomic mass is 10.3. The highest BCUT2D eigenvalue weighted by Crippen LogP contribution is 2.16. The first kappa shape index (κ1) is 15.1. The predicted molar refractivity (Wildman–Crippen MR) is 73.8 cm³/mol. The van der Waals surface area contributed by atoms with E-state index in [-0.39, 0.29) is 24.7 Å². The van der Waals surface area contributed by atoms with E-state index < -0.39 is 0 Å². The molecule has 0 saturated carbocycles. The molecule has 0 radical (unpaired) electrons.